The molecule has 0 unspecified atom stereocenters. The van der Waals surface area contributed by atoms with Crippen LogP contribution in [0, 0.1) is 29.3 Å². The highest BCUT2D eigenvalue weighted by Gasteiger charge is 2.23. The molecule has 1 saturated carbocycles. The second-order valence-corrected chi connectivity index (χ2v) is 7.50. The molecular formula is C22H27F3O. The number of halogens is 3. The van der Waals surface area contributed by atoms with Gasteiger partial charge in [-0.1, -0.05) is 51.7 Å². The van der Waals surface area contributed by atoms with E-state index in [-0.39, 0.29) is 11.1 Å². The smallest absolute Gasteiger partial charge is 0.201 e. The molecule has 2 aromatic rings. The van der Waals surface area contributed by atoms with E-state index >= 15 is 0 Å². The summed E-state index contributed by atoms with van der Waals surface area (Å²) in [6.45, 7) is 4.51. The predicted octanol–water partition coefficient (Wildman–Crippen LogP) is 6.80. The van der Waals surface area contributed by atoms with Crippen LogP contribution in [0.3, 0.4) is 0 Å². The van der Waals surface area contributed by atoms with E-state index in [1.165, 1.54) is 25.3 Å². The van der Waals surface area contributed by atoms with Crippen molar-refractivity contribution in [3.63, 3.8) is 0 Å². The first-order valence-electron chi connectivity index (χ1n) is 9.77. The molecule has 1 nitrogen and oxygen atoms in total. The van der Waals surface area contributed by atoms with E-state index < -0.39 is 17.5 Å². The monoisotopic (exact) mass is 364 g/mol. The lowest BCUT2D eigenvalue weighted by molar-refractivity contribution is 0.176. The maximum absolute atomic E-state index is 14.5. The molecule has 3 rings (SSSR count). The van der Waals surface area contributed by atoms with Crippen molar-refractivity contribution in [1.82, 2.24) is 0 Å². The Bertz CT molecular complexity index is 764. The van der Waals surface area contributed by atoms with Crippen LogP contribution in [0.2, 0.25) is 0 Å². The van der Waals surface area contributed by atoms with Crippen LogP contribution in [0.5, 0.6) is 5.75 Å². The molecule has 0 aliphatic heterocycles. The number of rotatable bonds is 6. The van der Waals surface area contributed by atoms with Gasteiger partial charge in [-0.15, -0.1) is 0 Å². The summed E-state index contributed by atoms with van der Waals surface area (Å²) in [5.41, 5.74) is 0.416. The van der Waals surface area contributed by atoms with Gasteiger partial charge in [-0.05, 0) is 48.1 Å². The summed E-state index contributed by atoms with van der Waals surface area (Å²) in [7, 11) is 0. The molecule has 1 aliphatic rings. The van der Waals surface area contributed by atoms with Gasteiger partial charge in [0.05, 0.1) is 12.0 Å². The molecule has 0 saturated heterocycles. The van der Waals surface area contributed by atoms with Gasteiger partial charge < -0.3 is 4.74 Å². The Morgan fingerprint density at radius 2 is 1.62 bits per heavy atom. The molecule has 0 spiro atoms. The molecule has 0 bridgehead atoms. The third kappa shape index (κ3) is 3.84. The average Bonchev–Trinajstić information content (AvgIpc) is 2.66. The summed E-state index contributed by atoms with van der Waals surface area (Å²) in [5.74, 6) is -1.86. The number of ether oxygens (including phenoxy) is 1. The van der Waals surface area contributed by atoms with Gasteiger partial charge in [-0.3, -0.25) is 0 Å². The number of benzene rings is 2. The topological polar surface area (TPSA) is 9.23 Å². The lowest BCUT2D eigenvalue weighted by Crippen LogP contribution is -2.20. The standard InChI is InChI=1S/C22H27F3O/c1-3-5-16-10-11-17-12-18(21(24)22(25)19(17)20(16)23)26-13-15-8-6-14(4-2)7-9-15/h10-12,14-15H,3-9,13H2,1-2H3. The van der Waals surface area contributed by atoms with Gasteiger partial charge >= 0.3 is 0 Å². The fraction of sp³-hybridized carbons (Fsp3) is 0.545. The van der Waals surface area contributed by atoms with E-state index in [0.29, 0.717) is 29.9 Å². The maximum Gasteiger partial charge on any atom is 0.201 e. The average molecular weight is 364 g/mol. The van der Waals surface area contributed by atoms with Gasteiger partial charge in [0.1, 0.15) is 5.82 Å². The fourth-order valence-electron chi connectivity index (χ4n) is 3.98. The van der Waals surface area contributed by atoms with E-state index in [2.05, 4.69) is 6.92 Å². The highest BCUT2D eigenvalue weighted by atomic mass is 19.2. The SMILES string of the molecule is CCCc1ccc2cc(OCC3CCC(CC)CC3)c(F)c(F)c2c1F. The molecule has 142 valence electrons. The quantitative estimate of drug-likeness (QED) is 0.547. The van der Waals surface area contributed by atoms with Crippen molar-refractivity contribution in [2.45, 2.75) is 58.8 Å². The van der Waals surface area contributed by atoms with E-state index in [4.69, 9.17) is 4.74 Å². The lowest BCUT2D eigenvalue weighted by atomic mass is 9.81. The normalized spacial score (nSPS) is 20.5. The summed E-state index contributed by atoms with van der Waals surface area (Å²) in [4.78, 5) is 0. The van der Waals surface area contributed by atoms with Gasteiger partial charge in [0, 0.05) is 0 Å². The highest BCUT2D eigenvalue weighted by Crippen LogP contribution is 2.34. The summed E-state index contributed by atoms with van der Waals surface area (Å²) in [5, 5.41) is 0.0650. The molecule has 0 aromatic heterocycles. The molecular weight excluding hydrogens is 337 g/mol. The van der Waals surface area contributed by atoms with Crippen LogP contribution in [0.15, 0.2) is 18.2 Å². The summed E-state index contributed by atoms with van der Waals surface area (Å²) in [6.07, 6.45) is 6.91. The zero-order valence-corrected chi connectivity index (χ0v) is 15.6. The predicted molar refractivity (Wildman–Crippen MR) is 99.1 cm³/mol. The van der Waals surface area contributed by atoms with Crippen molar-refractivity contribution in [1.29, 1.82) is 0 Å². The summed E-state index contributed by atoms with van der Waals surface area (Å²) < 4.78 is 49.1. The highest BCUT2D eigenvalue weighted by molar-refractivity contribution is 5.86. The first kappa shape index (κ1) is 19.1. The zero-order valence-electron chi connectivity index (χ0n) is 15.6. The molecule has 2 aromatic carbocycles. The Morgan fingerprint density at radius 3 is 2.27 bits per heavy atom. The van der Waals surface area contributed by atoms with Crippen molar-refractivity contribution in [3.05, 3.63) is 41.2 Å². The second-order valence-electron chi connectivity index (χ2n) is 7.50. The van der Waals surface area contributed by atoms with Gasteiger partial charge in [0.25, 0.3) is 0 Å². The molecule has 1 aliphatic carbocycles. The van der Waals surface area contributed by atoms with Crippen LogP contribution < -0.4 is 4.74 Å². The number of aryl methyl sites for hydroxylation is 1. The van der Waals surface area contributed by atoms with E-state index in [9.17, 15) is 13.2 Å². The second kappa shape index (κ2) is 8.32. The van der Waals surface area contributed by atoms with Crippen molar-refractivity contribution in [2.75, 3.05) is 6.61 Å². The molecule has 0 heterocycles. The molecule has 1 fully saturated rings. The van der Waals surface area contributed by atoms with E-state index in [1.807, 2.05) is 6.92 Å². The Hall–Kier alpha value is -1.71. The van der Waals surface area contributed by atoms with Crippen molar-refractivity contribution in [2.24, 2.45) is 11.8 Å². The van der Waals surface area contributed by atoms with Crippen molar-refractivity contribution in [3.8, 4) is 5.75 Å². The minimum atomic E-state index is -1.15. The summed E-state index contributed by atoms with van der Waals surface area (Å²) in [6, 6.07) is 4.71. The van der Waals surface area contributed by atoms with Gasteiger partial charge in [0.2, 0.25) is 5.82 Å². The molecule has 0 atom stereocenters. The molecule has 0 N–H and O–H groups in total. The van der Waals surface area contributed by atoms with Gasteiger partial charge in [0.15, 0.2) is 11.6 Å². The third-order valence-corrected chi connectivity index (χ3v) is 5.71. The van der Waals surface area contributed by atoms with Crippen LogP contribution in [0.1, 0.15) is 57.9 Å². The maximum atomic E-state index is 14.5. The van der Waals surface area contributed by atoms with E-state index in [1.54, 1.807) is 12.1 Å². The van der Waals surface area contributed by atoms with Crippen LogP contribution >= 0.6 is 0 Å². The Labute approximate surface area is 153 Å². The minimum Gasteiger partial charge on any atom is -0.490 e. The Balaban J connectivity index is 1.79. The Morgan fingerprint density at radius 1 is 0.923 bits per heavy atom. The number of hydrogen-bond donors (Lipinski definition) is 0. The first-order valence-corrected chi connectivity index (χ1v) is 9.77. The van der Waals surface area contributed by atoms with Crippen LogP contribution in [-0.2, 0) is 6.42 Å². The van der Waals surface area contributed by atoms with Crippen LogP contribution in [0.4, 0.5) is 13.2 Å². The number of hydrogen-bond acceptors (Lipinski definition) is 1. The van der Waals surface area contributed by atoms with Crippen LogP contribution in [-0.4, -0.2) is 6.61 Å². The van der Waals surface area contributed by atoms with Gasteiger partial charge in [-0.2, -0.15) is 4.39 Å². The molecule has 4 heteroatoms. The van der Waals surface area contributed by atoms with E-state index in [0.717, 1.165) is 25.2 Å². The largest absolute Gasteiger partial charge is 0.490 e. The molecule has 0 radical (unpaired) electrons. The Kier molecular flexibility index (Phi) is 6.10. The zero-order chi connectivity index (χ0) is 18.7. The molecule has 0 amide bonds. The van der Waals surface area contributed by atoms with Crippen LogP contribution in [0.25, 0.3) is 10.8 Å². The minimum absolute atomic E-state index is 0.116. The van der Waals surface area contributed by atoms with Gasteiger partial charge in [-0.25, -0.2) is 8.78 Å². The third-order valence-electron chi connectivity index (χ3n) is 5.71. The number of fused-ring (bicyclic) bond motifs is 1. The van der Waals surface area contributed by atoms with Crippen molar-refractivity contribution < 1.29 is 17.9 Å². The van der Waals surface area contributed by atoms with Crippen molar-refractivity contribution >= 4 is 10.8 Å². The molecule has 26 heavy (non-hydrogen) atoms. The fourth-order valence-corrected chi connectivity index (χ4v) is 3.98. The lowest BCUT2D eigenvalue weighted by Gasteiger charge is -2.27. The summed E-state index contributed by atoms with van der Waals surface area (Å²) >= 11 is 0. The first-order chi connectivity index (χ1) is 12.5.